The van der Waals surface area contributed by atoms with Crippen LogP contribution in [0.4, 0.5) is 0 Å². The van der Waals surface area contributed by atoms with Crippen LogP contribution in [0.15, 0.2) is 47.6 Å². The van der Waals surface area contributed by atoms with Gasteiger partial charge in [-0.3, -0.25) is 4.79 Å². The zero-order chi connectivity index (χ0) is 14.5. The number of benzene rings is 2. The molecule has 0 aliphatic carbocycles. The fourth-order valence-corrected chi connectivity index (χ4v) is 2.10. The maximum Gasteiger partial charge on any atom is 0.271 e. The molecular formula is C14H10ClIN2O2. The molecule has 102 valence electrons. The van der Waals surface area contributed by atoms with Gasteiger partial charge in [-0.15, -0.1) is 0 Å². The number of hydrogen-bond donors (Lipinski definition) is 2. The van der Waals surface area contributed by atoms with E-state index in [2.05, 4.69) is 33.1 Å². The number of hydrogen-bond acceptors (Lipinski definition) is 3. The molecular weight excluding hydrogens is 391 g/mol. The van der Waals surface area contributed by atoms with Crippen molar-refractivity contribution in [3.63, 3.8) is 0 Å². The van der Waals surface area contributed by atoms with E-state index in [4.69, 9.17) is 11.6 Å². The van der Waals surface area contributed by atoms with E-state index in [0.29, 0.717) is 16.1 Å². The summed E-state index contributed by atoms with van der Waals surface area (Å²) < 4.78 is 0.964. The molecule has 0 spiro atoms. The van der Waals surface area contributed by atoms with Crippen molar-refractivity contribution in [2.45, 2.75) is 0 Å². The van der Waals surface area contributed by atoms with Crippen LogP contribution in [0.3, 0.4) is 0 Å². The molecule has 20 heavy (non-hydrogen) atoms. The van der Waals surface area contributed by atoms with E-state index < -0.39 is 0 Å². The average molecular weight is 401 g/mol. The summed E-state index contributed by atoms with van der Waals surface area (Å²) in [6, 6.07) is 11.6. The molecule has 0 saturated carbocycles. The normalized spacial score (nSPS) is 10.7. The van der Waals surface area contributed by atoms with Crippen LogP contribution in [0.25, 0.3) is 0 Å². The second-order valence-electron chi connectivity index (χ2n) is 3.91. The van der Waals surface area contributed by atoms with Gasteiger partial charge in [-0.1, -0.05) is 11.6 Å². The third-order valence-electron chi connectivity index (χ3n) is 2.47. The number of hydrazone groups is 1. The molecule has 2 aromatic rings. The second kappa shape index (κ2) is 6.71. The van der Waals surface area contributed by atoms with Crippen LogP contribution >= 0.6 is 34.2 Å². The highest BCUT2D eigenvalue weighted by Crippen LogP contribution is 2.17. The maximum absolute atomic E-state index is 11.8. The predicted octanol–water partition coefficient (Wildman–Crippen LogP) is 3.41. The van der Waals surface area contributed by atoms with E-state index in [9.17, 15) is 9.90 Å². The molecule has 4 nitrogen and oxygen atoms in total. The Bertz CT molecular complexity index is 657. The van der Waals surface area contributed by atoms with Crippen LogP contribution in [-0.2, 0) is 0 Å². The Labute approximate surface area is 134 Å². The first-order chi connectivity index (χ1) is 9.56. The van der Waals surface area contributed by atoms with Crippen LogP contribution in [0, 0.1) is 3.57 Å². The number of carbonyl (C=O) groups excluding carboxylic acids is 1. The van der Waals surface area contributed by atoms with Gasteiger partial charge in [-0.25, -0.2) is 5.43 Å². The SMILES string of the molecule is O=C(N/N=C\c1cc(I)ccc1O)c1ccc(Cl)cc1. The highest BCUT2D eigenvalue weighted by atomic mass is 127. The highest BCUT2D eigenvalue weighted by molar-refractivity contribution is 14.1. The smallest absolute Gasteiger partial charge is 0.271 e. The van der Waals surface area contributed by atoms with Gasteiger partial charge in [0.05, 0.1) is 6.21 Å². The summed E-state index contributed by atoms with van der Waals surface area (Å²) >= 11 is 7.87. The first-order valence-electron chi connectivity index (χ1n) is 5.64. The van der Waals surface area contributed by atoms with Gasteiger partial charge in [0.2, 0.25) is 0 Å². The highest BCUT2D eigenvalue weighted by Gasteiger charge is 2.03. The lowest BCUT2D eigenvalue weighted by atomic mass is 10.2. The van der Waals surface area contributed by atoms with Gasteiger partial charge < -0.3 is 5.11 Å². The molecule has 0 aliphatic rings. The fraction of sp³-hybridized carbons (Fsp3) is 0. The average Bonchev–Trinajstić information content (AvgIpc) is 2.43. The van der Waals surface area contributed by atoms with Gasteiger partial charge in [-0.05, 0) is 65.1 Å². The number of phenols is 1. The first kappa shape index (κ1) is 14.8. The summed E-state index contributed by atoms with van der Waals surface area (Å²) in [6.45, 7) is 0. The summed E-state index contributed by atoms with van der Waals surface area (Å²) in [5.74, 6) is -0.238. The van der Waals surface area contributed by atoms with Crippen molar-refractivity contribution in [3.05, 3.63) is 62.2 Å². The summed E-state index contributed by atoms with van der Waals surface area (Å²) in [6.07, 6.45) is 1.39. The quantitative estimate of drug-likeness (QED) is 0.471. The number of aromatic hydroxyl groups is 1. The molecule has 2 N–H and O–H groups in total. The predicted molar refractivity (Wildman–Crippen MR) is 87.3 cm³/mol. The third-order valence-corrected chi connectivity index (χ3v) is 3.39. The molecule has 2 rings (SSSR count). The van der Waals surface area contributed by atoms with Crippen molar-refractivity contribution in [3.8, 4) is 5.75 Å². The van der Waals surface area contributed by atoms with Crippen LogP contribution in [0.2, 0.25) is 5.02 Å². The number of amides is 1. The Morgan fingerprint density at radius 1 is 1.25 bits per heavy atom. The summed E-state index contributed by atoms with van der Waals surface area (Å²) in [5.41, 5.74) is 3.38. The van der Waals surface area contributed by atoms with Gasteiger partial charge in [0, 0.05) is 19.7 Å². The zero-order valence-electron chi connectivity index (χ0n) is 10.2. The van der Waals surface area contributed by atoms with Gasteiger partial charge in [0.25, 0.3) is 5.91 Å². The number of phenolic OH excluding ortho intramolecular Hbond substituents is 1. The molecule has 0 fully saturated rings. The lowest BCUT2D eigenvalue weighted by Gasteiger charge is -2.01. The maximum atomic E-state index is 11.8. The molecule has 0 aliphatic heterocycles. The van der Waals surface area contributed by atoms with E-state index in [0.717, 1.165) is 3.57 Å². The molecule has 0 unspecified atom stereocenters. The standard InChI is InChI=1S/C14H10ClIN2O2/c15-11-3-1-9(2-4-11)14(20)18-17-8-10-7-12(16)5-6-13(10)19/h1-8,19H,(H,18,20)/b17-8-. The number of halogens is 2. The van der Waals surface area contributed by atoms with Crippen molar-refractivity contribution in [2.75, 3.05) is 0 Å². The molecule has 1 amide bonds. The summed E-state index contributed by atoms with van der Waals surface area (Å²) in [5, 5.41) is 14.0. The topological polar surface area (TPSA) is 61.7 Å². The Balaban J connectivity index is 2.04. The van der Waals surface area contributed by atoms with Crippen LogP contribution < -0.4 is 5.43 Å². The molecule has 6 heteroatoms. The van der Waals surface area contributed by atoms with Crippen molar-refractivity contribution in [1.29, 1.82) is 0 Å². The van der Waals surface area contributed by atoms with E-state index in [1.54, 1.807) is 42.5 Å². The Hall–Kier alpha value is -1.60. The Morgan fingerprint density at radius 2 is 1.95 bits per heavy atom. The van der Waals surface area contributed by atoms with Gasteiger partial charge in [-0.2, -0.15) is 5.10 Å². The minimum Gasteiger partial charge on any atom is -0.507 e. The number of carbonyl (C=O) groups is 1. The molecule has 0 radical (unpaired) electrons. The minimum absolute atomic E-state index is 0.106. The number of nitrogens with zero attached hydrogens (tertiary/aromatic N) is 1. The lowest BCUT2D eigenvalue weighted by Crippen LogP contribution is -2.17. The Kier molecular flexibility index (Phi) is 4.97. The van der Waals surface area contributed by atoms with Gasteiger partial charge in [0.15, 0.2) is 0 Å². The van der Waals surface area contributed by atoms with Crippen LogP contribution in [-0.4, -0.2) is 17.2 Å². The third kappa shape index (κ3) is 3.94. The fourth-order valence-electron chi connectivity index (χ4n) is 1.46. The largest absolute Gasteiger partial charge is 0.507 e. The van der Waals surface area contributed by atoms with E-state index >= 15 is 0 Å². The molecule has 2 aromatic carbocycles. The molecule has 0 bridgehead atoms. The van der Waals surface area contributed by atoms with E-state index in [-0.39, 0.29) is 11.7 Å². The van der Waals surface area contributed by atoms with Crippen molar-refractivity contribution < 1.29 is 9.90 Å². The minimum atomic E-state index is -0.344. The summed E-state index contributed by atoms with van der Waals surface area (Å²) in [4.78, 5) is 11.8. The van der Waals surface area contributed by atoms with Crippen molar-refractivity contribution in [1.82, 2.24) is 5.43 Å². The first-order valence-corrected chi connectivity index (χ1v) is 7.09. The Morgan fingerprint density at radius 3 is 2.65 bits per heavy atom. The number of rotatable bonds is 3. The van der Waals surface area contributed by atoms with Crippen LogP contribution in [0.1, 0.15) is 15.9 Å². The molecule has 0 saturated heterocycles. The zero-order valence-corrected chi connectivity index (χ0v) is 13.1. The molecule has 0 aromatic heterocycles. The molecule has 0 heterocycles. The number of nitrogens with one attached hydrogen (secondary N) is 1. The van der Waals surface area contributed by atoms with Crippen LogP contribution in [0.5, 0.6) is 5.75 Å². The van der Waals surface area contributed by atoms with Crippen molar-refractivity contribution >= 4 is 46.3 Å². The lowest BCUT2D eigenvalue weighted by molar-refractivity contribution is 0.0955. The second-order valence-corrected chi connectivity index (χ2v) is 5.59. The van der Waals surface area contributed by atoms with Gasteiger partial charge in [0.1, 0.15) is 5.75 Å². The van der Waals surface area contributed by atoms with Crippen molar-refractivity contribution in [2.24, 2.45) is 5.10 Å². The van der Waals surface area contributed by atoms with E-state index in [1.807, 2.05) is 0 Å². The molecule has 0 atom stereocenters. The van der Waals surface area contributed by atoms with E-state index in [1.165, 1.54) is 6.21 Å². The van der Waals surface area contributed by atoms with Gasteiger partial charge >= 0.3 is 0 Å². The summed E-state index contributed by atoms with van der Waals surface area (Å²) in [7, 11) is 0. The monoisotopic (exact) mass is 400 g/mol.